The summed E-state index contributed by atoms with van der Waals surface area (Å²) in [6, 6.07) is -11.5. The van der Waals surface area contributed by atoms with Crippen molar-refractivity contribution in [1.82, 2.24) is 31.9 Å². The summed E-state index contributed by atoms with van der Waals surface area (Å²) in [6.45, 7) is -4.57. The molecule has 0 aromatic heterocycles. The number of carbonyl (C=O) groups is 6. The third-order valence-corrected chi connectivity index (χ3v) is 25.3. The van der Waals surface area contributed by atoms with Crippen molar-refractivity contribution in [2.24, 2.45) is 0 Å². The van der Waals surface area contributed by atoms with Gasteiger partial charge in [0.25, 0.3) is 0 Å². The van der Waals surface area contributed by atoms with Crippen LogP contribution in [0.25, 0.3) is 0 Å². The molecular weight excluding hydrogens is 1900 g/mol. The number of hydrogen-bond acceptors (Lipinski definition) is 55. The molecule has 0 spiro atoms. The van der Waals surface area contributed by atoms with Crippen LogP contribution in [0.4, 0.5) is 0 Å². The normalized spacial score (nSPS) is 48.3. The minimum absolute atomic E-state index is 0.841. The van der Waals surface area contributed by atoms with Gasteiger partial charge in [0.1, 0.15) is 262 Å². The van der Waals surface area contributed by atoms with E-state index in [2.05, 4.69) is 31.9 Å². The molecule has 11 fully saturated rings. The highest BCUT2D eigenvalue weighted by Crippen LogP contribution is 2.42. The summed E-state index contributed by atoms with van der Waals surface area (Å²) in [4.78, 5) is 77.6. The molecule has 0 saturated carbocycles. The van der Waals surface area contributed by atoms with Crippen LogP contribution in [0.1, 0.15) is 48.5 Å². The summed E-state index contributed by atoms with van der Waals surface area (Å²) >= 11 is 0. The van der Waals surface area contributed by atoms with Crippen LogP contribution in [0.3, 0.4) is 0 Å². The molecule has 0 aliphatic carbocycles. The molecule has 802 valence electrons. The van der Waals surface area contributed by atoms with Crippen molar-refractivity contribution in [3.05, 3.63) is 0 Å². The summed E-state index contributed by atoms with van der Waals surface area (Å²) in [6.07, 6.45) is -105. The average Bonchev–Trinajstić information content (AvgIpc) is 0.764. The van der Waals surface area contributed by atoms with Crippen molar-refractivity contribution in [2.75, 3.05) is 66.1 Å². The lowest BCUT2D eigenvalue weighted by Crippen LogP contribution is -2.71. The zero-order chi connectivity index (χ0) is 102. The smallest absolute Gasteiger partial charge is 0.217 e. The van der Waals surface area contributed by atoms with Gasteiger partial charge in [-0.05, 0) is 6.92 Å². The second-order valence-corrected chi connectivity index (χ2v) is 35.3. The van der Waals surface area contributed by atoms with Gasteiger partial charge in [-0.3, -0.25) is 28.8 Å². The van der Waals surface area contributed by atoms with Crippen molar-refractivity contribution in [1.29, 1.82) is 0 Å². The van der Waals surface area contributed by atoms with Gasteiger partial charge in [-0.15, -0.1) is 0 Å². The van der Waals surface area contributed by atoms with Gasteiger partial charge in [-0.25, -0.2) is 0 Å². The van der Waals surface area contributed by atoms with Crippen molar-refractivity contribution in [3.63, 3.8) is 0 Å². The number of nitrogens with one attached hydrogen (secondary N) is 6. The molecule has 55 atom stereocenters. The first-order valence-electron chi connectivity index (χ1n) is 44.5. The van der Waals surface area contributed by atoms with E-state index in [0.29, 0.717) is 0 Å². The third-order valence-electron chi connectivity index (χ3n) is 25.3. The fourth-order valence-corrected chi connectivity index (χ4v) is 18.0. The van der Waals surface area contributed by atoms with Crippen LogP contribution in [-0.4, -0.2) is 582 Å². The Morgan fingerprint density at radius 2 is 0.460 bits per heavy atom. The number of amides is 6. The Labute approximate surface area is 788 Å². The van der Waals surface area contributed by atoms with Crippen molar-refractivity contribution in [2.45, 2.75) is 386 Å². The summed E-state index contributed by atoms with van der Waals surface area (Å²) in [5, 5.41) is 333. The molecule has 61 heteroatoms. The molecule has 0 radical (unpaired) electrons. The standard InChI is InChI=1S/C78H130N6O55/c1-18-41(98)54(111)57(114)74(122-18)120-17-34-64(51(108)35(68(118)123-34)79-19(2)92)134-72-39(83-23(6)96)52(109)62(30(13-90)128-72)136-76-60(117)65(47(104)33(131-76)16-121-77-66(138-71-38(82-22(5)95)50(107)44(101)27(10-87)126-71)56(113)46(103)32(132-77)15-119-69-36(80-20(3)93)48(105)42(99)25(8-85)124-69)137-78-67(59(116)63(31(14-91)130-78)133-70-37(81-21(4)94)49(106)43(100)26(9-86)125-70)139-73-40(84-24(7)97)53(110)61(29(12-89)129-73)135-75-58(115)55(112)45(102)28(11-88)127-75/h18,25-78,85-91,98-118H,8-17H2,1-7H3,(H,79,92)(H,80,93)(H,81,94)(H,82,95)(H,83,96)(H,84,97)/t18-,25+,26+,27+,28+,29+,30+,31+,32+,33+,34+,35+,36+,37+,38+,39+,40+,41+,42+,43+,44+,45-,46+,47+,48+,49+,50+,51+,52+,53+,54+,55-,56-,57-,58+,59-,60-,61+,62+,63+,64+,65-,66-,67-,68?,69+,70-,71-,72-,73-,74+,75-,76-,77-,78+/m0/s1. The van der Waals surface area contributed by atoms with Gasteiger partial charge >= 0.3 is 0 Å². The van der Waals surface area contributed by atoms with E-state index in [9.17, 15) is 172 Å². The molecule has 11 heterocycles. The Morgan fingerprint density at radius 1 is 0.201 bits per heavy atom. The average molecular weight is 2030 g/mol. The van der Waals surface area contributed by atoms with Gasteiger partial charge in [-0.1, -0.05) is 0 Å². The van der Waals surface area contributed by atoms with Gasteiger partial charge in [0, 0.05) is 41.5 Å². The highest BCUT2D eigenvalue weighted by atomic mass is 16.8. The highest BCUT2D eigenvalue weighted by Gasteiger charge is 2.63. The maximum absolute atomic E-state index is 13.5. The van der Waals surface area contributed by atoms with E-state index in [4.69, 9.17) is 99.5 Å². The number of rotatable bonds is 36. The lowest BCUT2D eigenvalue weighted by atomic mass is 9.93. The van der Waals surface area contributed by atoms with Crippen LogP contribution in [-0.2, 0) is 128 Å². The molecule has 61 nitrogen and oxygen atoms in total. The molecule has 0 aromatic carbocycles. The Hall–Kier alpha value is -5.14. The number of hydrogen-bond donors (Lipinski definition) is 34. The van der Waals surface area contributed by atoms with Crippen molar-refractivity contribution >= 4 is 35.4 Å². The van der Waals surface area contributed by atoms with Gasteiger partial charge in [0.05, 0.1) is 72.2 Å². The Kier molecular flexibility index (Phi) is 41.1. The summed E-state index contributed by atoms with van der Waals surface area (Å²) in [5.74, 6) is -5.69. The van der Waals surface area contributed by atoms with Gasteiger partial charge in [0.2, 0.25) is 35.4 Å². The SMILES string of the molecule is CC(=O)N[C@H]1[C@H](O[C@H]2[C@H](O)[C@@H](NC(C)=O)C(O)O[C@@H]2CO[C@@H]2O[C@@H](C)[C@@H](O)[C@@H](O)[C@@H]2O)O[C@H](CO)[C@@H](O[C@@H]2O[C@H](CO[C@H]3O[C@H](CO[C@@H]4O[C@H](CO)[C@@H](O)[C@H](O)[C@H]4NC(C)=O)[C@@H](O)[C@H](O)[C@@H]3O[C@@H]3O[C@H](CO)[C@@H](O)[C@H](O)[C@H]3NC(C)=O)[C@@H](O)[C@H](O[C@H]3O[C@H](CO)[C@@H](O[C@@H]4O[C@H](CO)[C@@H](O)[C@H](O)[C@H]4NC(C)=O)[C@H](O)[C@@H]3O[C@@H]3O[C@H](CO)[C@@H](O[C@@H]4O[C@H](CO)[C@H](O)[C@H](O)[C@H]4O)[C@H](O)[C@H]3NC(C)=O)[C@@H]2O)[C@@H]1O. The van der Waals surface area contributed by atoms with Gasteiger partial charge in [-0.2, -0.15) is 0 Å². The number of carbonyl (C=O) groups excluding carboxylic acids is 6. The Morgan fingerprint density at radius 3 is 0.885 bits per heavy atom. The molecular formula is C78H130N6O55. The highest BCUT2D eigenvalue weighted by molar-refractivity contribution is 5.75. The van der Waals surface area contributed by atoms with Crippen molar-refractivity contribution in [3.8, 4) is 0 Å². The summed E-state index contributed by atoms with van der Waals surface area (Å²) < 4.78 is 127. The van der Waals surface area contributed by atoms with E-state index in [1.807, 2.05) is 0 Å². The molecule has 11 aliphatic heterocycles. The predicted molar refractivity (Wildman–Crippen MR) is 430 cm³/mol. The predicted octanol–water partition coefficient (Wildman–Crippen LogP) is -23.1. The second kappa shape index (κ2) is 50.0. The fraction of sp³-hybridized carbons (Fsp3) is 0.923. The van der Waals surface area contributed by atoms with E-state index in [1.54, 1.807) is 0 Å². The number of ether oxygens (including phenoxy) is 21. The minimum Gasteiger partial charge on any atom is -0.394 e. The van der Waals surface area contributed by atoms with Gasteiger partial charge < -0.3 is 274 Å². The van der Waals surface area contributed by atoms with Crippen molar-refractivity contribution < 1.29 is 271 Å². The second-order valence-electron chi connectivity index (χ2n) is 35.3. The molecule has 11 saturated heterocycles. The van der Waals surface area contributed by atoms with E-state index in [1.165, 1.54) is 6.92 Å². The molecule has 0 aromatic rings. The maximum atomic E-state index is 13.5. The first kappa shape index (κ1) is 114. The summed E-state index contributed by atoms with van der Waals surface area (Å²) in [5.41, 5.74) is 0. The lowest BCUT2D eigenvalue weighted by molar-refractivity contribution is -0.405. The van der Waals surface area contributed by atoms with Gasteiger partial charge in [0.15, 0.2) is 69.2 Å². The lowest BCUT2D eigenvalue weighted by Gasteiger charge is -2.52. The van der Waals surface area contributed by atoms with Crippen LogP contribution >= 0.6 is 0 Å². The zero-order valence-electron chi connectivity index (χ0n) is 75.4. The number of aliphatic hydroxyl groups is 28. The largest absolute Gasteiger partial charge is 0.394 e. The zero-order valence-corrected chi connectivity index (χ0v) is 75.4. The number of aliphatic hydroxyl groups excluding tert-OH is 28. The van der Waals surface area contributed by atoms with E-state index >= 15 is 0 Å². The first-order chi connectivity index (χ1) is 65.6. The molecule has 11 rings (SSSR count). The van der Waals surface area contributed by atoms with Crippen LogP contribution in [0.2, 0.25) is 0 Å². The quantitative estimate of drug-likeness (QED) is 0.0277. The van der Waals surface area contributed by atoms with Crippen LogP contribution in [0, 0.1) is 0 Å². The topological polar surface area (TPSA) is 935 Å². The van der Waals surface area contributed by atoms with Crippen LogP contribution in [0.15, 0.2) is 0 Å². The first-order valence-corrected chi connectivity index (χ1v) is 44.5. The van der Waals surface area contributed by atoms with E-state index < -0.39 is 439 Å². The maximum Gasteiger partial charge on any atom is 0.217 e. The molecule has 0 bridgehead atoms. The Balaban J connectivity index is 1.00. The fourth-order valence-electron chi connectivity index (χ4n) is 18.0. The minimum atomic E-state index is -2.78. The van der Waals surface area contributed by atoms with E-state index in [-0.39, 0.29) is 0 Å². The molecule has 1 unspecified atom stereocenters. The van der Waals surface area contributed by atoms with Crippen LogP contribution in [0.5, 0.6) is 0 Å². The third kappa shape index (κ3) is 26.0. The molecule has 34 N–H and O–H groups in total. The van der Waals surface area contributed by atoms with E-state index in [0.717, 1.165) is 41.5 Å². The molecule has 139 heavy (non-hydrogen) atoms. The molecule has 11 aliphatic rings. The summed E-state index contributed by atoms with van der Waals surface area (Å²) in [7, 11) is 0. The molecule has 6 amide bonds. The van der Waals surface area contributed by atoms with Crippen LogP contribution < -0.4 is 31.9 Å². The monoisotopic (exact) mass is 2030 g/mol. The Bertz CT molecular complexity index is 3900.